The molecule has 9 heteroatoms. The summed E-state index contributed by atoms with van der Waals surface area (Å²) in [7, 11) is 3.50. The van der Waals surface area contributed by atoms with Crippen LogP contribution >= 0.6 is 24.0 Å². The van der Waals surface area contributed by atoms with Crippen LogP contribution in [0.4, 0.5) is 5.69 Å². The van der Waals surface area contributed by atoms with E-state index in [4.69, 9.17) is 9.26 Å². The summed E-state index contributed by atoms with van der Waals surface area (Å²) in [5, 5.41) is 7.18. The van der Waals surface area contributed by atoms with Crippen molar-refractivity contribution < 1.29 is 9.26 Å². The van der Waals surface area contributed by atoms with E-state index in [1.165, 1.54) is 5.69 Å². The van der Waals surface area contributed by atoms with Crippen LogP contribution in [0.3, 0.4) is 0 Å². The van der Waals surface area contributed by atoms with E-state index < -0.39 is 0 Å². The number of aliphatic imine (C=N–C) groups is 1. The second kappa shape index (κ2) is 10.3. The zero-order valence-electron chi connectivity index (χ0n) is 16.0. The van der Waals surface area contributed by atoms with Gasteiger partial charge in [0.15, 0.2) is 11.8 Å². The molecule has 8 nitrogen and oxygen atoms in total. The molecule has 0 radical (unpaired) electrons. The zero-order valence-corrected chi connectivity index (χ0v) is 18.3. The number of ether oxygens (including phenoxy) is 1. The summed E-state index contributed by atoms with van der Waals surface area (Å²) >= 11 is 0. The minimum atomic E-state index is 0. The molecular formula is C18H27IN6O2. The fraction of sp³-hybridized carbons (Fsp3) is 0.500. The number of hydrogen-bond donors (Lipinski definition) is 1. The predicted molar refractivity (Wildman–Crippen MR) is 116 cm³/mol. The molecule has 0 unspecified atom stereocenters. The van der Waals surface area contributed by atoms with Crippen LogP contribution in [0.5, 0.6) is 5.75 Å². The van der Waals surface area contributed by atoms with Gasteiger partial charge >= 0.3 is 0 Å². The fourth-order valence-electron chi connectivity index (χ4n) is 3.02. The van der Waals surface area contributed by atoms with E-state index in [0.29, 0.717) is 24.7 Å². The van der Waals surface area contributed by atoms with Gasteiger partial charge in [0.2, 0.25) is 5.89 Å². The highest BCUT2D eigenvalue weighted by molar-refractivity contribution is 14.0. The van der Waals surface area contributed by atoms with Crippen molar-refractivity contribution in [3.8, 4) is 5.75 Å². The molecule has 1 aliphatic rings. The number of rotatable bonds is 5. The number of halogens is 1. The molecule has 0 aliphatic carbocycles. The monoisotopic (exact) mass is 486 g/mol. The topological polar surface area (TPSA) is 79.0 Å². The van der Waals surface area contributed by atoms with Crippen LogP contribution in [0.25, 0.3) is 0 Å². The number of nitrogens with zero attached hydrogens (tertiary/aromatic N) is 5. The molecule has 0 atom stereocenters. The third kappa shape index (κ3) is 5.72. The first-order valence-corrected chi connectivity index (χ1v) is 8.83. The first-order valence-electron chi connectivity index (χ1n) is 8.83. The molecule has 1 fully saturated rings. The first-order chi connectivity index (χ1) is 12.7. The number of guanidine groups is 1. The van der Waals surface area contributed by atoms with Gasteiger partial charge < -0.3 is 24.4 Å². The van der Waals surface area contributed by atoms with Gasteiger partial charge in [-0.3, -0.25) is 4.99 Å². The molecule has 0 saturated carbocycles. The molecule has 1 aliphatic heterocycles. The average molecular weight is 486 g/mol. The van der Waals surface area contributed by atoms with Gasteiger partial charge in [-0.25, -0.2) is 0 Å². The number of aromatic nitrogens is 2. The van der Waals surface area contributed by atoms with Gasteiger partial charge in [0.25, 0.3) is 0 Å². The first kappa shape index (κ1) is 21.3. The van der Waals surface area contributed by atoms with Gasteiger partial charge in [0.1, 0.15) is 5.75 Å². The summed E-state index contributed by atoms with van der Waals surface area (Å²) in [6, 6.07) is 8.21. The summed E-state index contributed by atoms with van der Waals surface area (Å²) in [6.07, 6.45) is 0.686. The van der Waals surface area contributed by atoms with Crippen LogP contribution in [0.1, 0.15) is 11.7 Å². The SMILES string of the molecule is CN=C(NCCc1nc(C)no1)N1CCN(c2ccc(OC)cc2)CC1.I. The third-order valence-electron chi connectivity index (χ3n) is 4.42. The minimum Gasteiger partial charge on any atom is -0.497 e. The van der Waals surface area contributed by atoms with E-state index in [0.717, 1.165) is 37.9 Å². The zero-order chi connectivity index (χ0) is 18.4. The molecule has 1 aromatic heterocycles. The molecule has 1 saturated heterocycles. The van der Waals surface area contributed by atoms with Crippen molar-refractivity contribution in [2.24, 2.45) is 4.99 Å². The van der Waals surface area contributed by atoms with E-state index in [2.05, 4.69) is 42.4 Å². The molecule has 2 aromatic rings. The second-order valence-corrected chi connectivity index (χ2v) is 6.13. The van der Waals surface area contributed by atoms with Crippen LogP contribution in [-0.2, 0) is 6.42 Å². The average Bonchev–Trinajstić information content (AvgIpc) is 3.11. The van der Waals surface area contributed by atoms with Gasteiger partial charge in [0, 0.05) is 51.9 Å². The summed E-state index contributed by atoms with van der Waals surface area (Å²) in [6.45, 7) is 6.29. The normalized spacial score (nSPS) is 14.7. The lowest BCUT2D eigenvalue weighted by Crippen LogP contribution is -2.52. The summed E-state index contributed by atoms with van der Waals surface area (Å²) in [4.78, 5) is 13.3. The summed E-state index contributed by atoms with van der Waals surface area (Å²) in [5.74, 6) is 3.11. The Balaban J connectivity index is 0.00000261. The van der Waals surface area contributed by atoms with Crippen molar-refractivity contribution in [1.29, 1.82) is 0 Å². The molecule has 2 heterocycles. The number of nitrogens with one attached hydrogen (secondary N) is 1. The molecule has 27 heavy (non-hydrogen) atoms. The number of benzene rings is 1. The lowest BCUT2D eigenvalue weighted by molar-refractivity contribution is 0.363. The Labute approximate surface area is 177 Å². The number of hydrogen-bond acceptors (Lipinski definition) is 6. The van der Waals surface area contributed by atoms with Crippen LogP contribution in [0.15, 0.2) is 33.8 Å². The summed E-state index contributed by atoms with van der Waals surface area (Å²) in [5.41, 5.74) is 1.22. The number of anilines is 1. The molecule has 1 aromatic carbocycles. The van der Waals surface area contributed by atoms with Crippen molar-refractivity contribution in [3.63, 3.8) is 0 Å². The van der Waals surface area contributed by atoms with Crippen LogP contribution in [0.2, 0.25) is 0 Å². The van der Waals surface area contributed by atoms with Crippen molar-refractivity contribution in [3.05, 3.63) is 36.0 Å². The Morgan fingerprint density at radius 1 is 1.22 bits per heavy atom. The Morgan fingerprint density at radius 2 is 1.93 bits per heavy atom. The van der Waals surface area contributed by atoms with Gasteiger partial charge in [-0.05, 0) is 31.2 Å². The van der Waals surface area contributed by atoms with Crippen molar-refractivity contribution >= 4 is 35.6 Å². The Bertz CT molecular complexity index is 726. The van der Waals surface area contributed by atoms with E-state index in [-0.39, 0.29) is 24.0 Å². The van der Waals surface area contributed by atoms with Gasteiger partial charge in [-0.15, -0.1) is 24.0 Å². The quantitative estimate of drug-likeness (QED) is 0.393. The van der Waals surface area contributed by atoms with Crippen LogP contribution in [0, 0.1) is 6.92 Å². The standard InChI is InChI=1S/C18H26N6O2.HI/c1-14-21-17(26-22-14)8-9-20-18(19-2)24-12-10-23(11-13-24)15-4-6-16(25-3)7-5-15;/h4-7H,8-13H2,1-3H3,(H,19,20);1H. The lowest BCUT2D eigenvalue weighted by Gasteiger charge is -2.37. The molecule has 3 rings (SSSR count). The van der Waals surface area contributed by atoms with Gasteiger partial charge in [-0.1, -0.05) is 5.16 Å². The van der Waals surface area contributed by atoms with Crippen LogP contribution in [-0.4, -0.2) is 67.9 Å². The maximum atomic E-state index is 5.22. The Kier molecular flexibility index (Phi) is 8.14. The number of piperazine rings is 1. The van der Waals surface area contributed by atoms with E-state index in [1.807, 2.05) is 26.1 Å². The molecule has 0 spiro atoms. The molecule has 148 valence electrons. The van der Waals surface area contributed by atoms with Gasteiger partial charge in [-0.2, -0.15) is 4.98 Å². The van der Waals surface area contributed by atoms with Crippen molar-refractivity contribution in [1.82, 2.24) is 20.4 Å². The number of aryl methyl sites for hydroxylation is 1. The fourth-order valence-corrected chi connectivity index (χ4v) is 3.02. The molecule has 0 amide bonds. The third-order valence-corrected chi connectivity index (χ3v) is 4.42. The number of methoxy groups -OCH3 is 1. The second-order valence-electron chi connectivity index (χ2n) is 6.13. The van der Waals surface area contributed by atoms with E-state index >= 15 is 0 Å². The lowest BCUT2D eigenvalue weighted by atomic mass is 10.2. The highest BCUT2D eigenvalue weighted by atomic mass is 127. The Morgan fingerprint density at radius 3 is 2.48 bits per heavy atom. The predicted octanol–water partition coefficient (Wildman–Crippen LogP) is 1.94. The van der Waals surface area contributed by atoms with E-state index in [1.54, 1.807) is 7.11 Å². The Hall–Kier alpha value is -2.04. The van der Waals surface area contributed by atoms with Gasteiger partial charge in [0.05, 0.1) is 7.11 Å². The highest BCUT2D eigenvalue weighted by Gasteiger charge is 2.19. The minimum absolute atomic E-state index is 0. The maximum Gasteiger partial charge on any atom is 0.228 e. The molecule has 1 N–H and O–H groups in total. The van der Waals surface area contributed by atoms with Crippen molar-refractivity contribution in [2.75, 3.05) is 51.8 Å². The van der Waals surface area contributed by atoms with Crippen LogP contribution < -0.4 is 15.0 Å². The molecule has 0 bridgehead atoms. The van der Waals surface area contributed by atoms with E-state index in [9.17, 15) is 0 Å². The summed E-state index contributed by atoms with van der Waals surface area (Å²) < 4.78 is 10.4. The highest BCUT2D eigenvalue weighted by Crippen LogP contribution is 2.20. The molecular weight excluding hydrogens is 459 g/mol. The smallest absolute Gasteiger partial charge is 0.228 e. The largest absolute Gasteiger partial charge is 0.497 e. The maximum absolute atomic E-state index is 5.22. The van der Waals surface area contributed by atoms with Crippen molar-refractivity contribution in [2.45, 2.75) is 13.3 Å².